The second-order valence-corrected chi connectivity index (χ2v) is 14.3. The summed E-state index contributed by atoms with van der Waals surface area (Å²) in [4.78, 5) is 12.3. The first-order valence-electron chi connectivity index (χ1n) is 18.9. The fourth-order valence-corrected chi connectivity index (χ4v) is 8.46. The van der Waals surface area contributed by atoms with Gasteiger partial charge < -0.3 is 9.13 Å². The number of nitriles is 3. The molecule has 3 aromatic heterocycles. The Morgan fingerprint density at radius 2 is 1.00 bits per heavy atom. The molecule has 0 atom stereocenters. The van der Waals surface area contributed by atoms with Crippen molar-refractivity contribution in [1.82, 2.24) is 14.1 Å². The monoisotopic (exact) mass is 762 g/mol. The number of pyridine rings is 1. The Morgan fingerprint density at radius 1 is 0.467 bits per heavy atom. The summed E-state index contributed by atoms with van der Waals surface area (Å²) >= 11 is 0. The van der Waals surface area contributed by atoms with Gasteiger partial charge in [-0.05, 0) is 76.3 Å². The van der Waals surface area contributed by atoms with Crippen LogP contribution in [0.15, 0.2) is 158 Å². The van der Waals surface area contributed by atoms with Gasteiger partial charge in [-0.15, -0.1) is 0 Å². The third-order valence-electron chi connectivity index (χ3n) is 11.2. The Hall–Kier alpha value is -9.26. The number of benzene rings is 7. The predicted octanol–water partition coefficient (Wildman–Crippen LogP) is 13.0. The molecule has 10 aromatic rings. The van der Waals surface area contributed by atoms with Gasteiger partial charge in [-0.3, -0.25) is 4.98 Å². The lowest BCUT2D eigenvalue weighted by molar-refractivity contribution is 1.09. The highest BCUT2D eigenvalue weighted by atomic mass is 15.0. The average Bonchev–Trinajstić information content (AvgIpc) is 3.82. The average molecular weight is 763 g/mol. The maximum Gasteiger partial charge on any atom is 0.184 e. The van der Waals surface area contributed by atoms with Gasteiger partial charge >= 0.3 is 0 Å². The normalized spacial score (nSPS) is 10.9. The summed E-state index contributed by atoms with van der Waals surface area (Å²) in [7, 11) is 0. The zero-order chi connectivity index (χ0) is 40.9. The Kier molecular flexibility index (Phi) is 8.23. The van der Waals surface area contributed by atoms with Crippen molar-refractivity contribution >= 4 is 55.0 Å². The van der Waals surface area contributed by atoms with Gasteiger partial charge in [0.2, 0.25) is 0 Å². The van der Waals surface area contributed by atoms with E-state index < -0.39 is 0 Å². The van der Waals surface area contributed by atoms with Gasteiger partial charge in [-0.2, -0.15) is 15.8 Å². The maximum absolute atomic E-state index is 10.1. The Morgan fingerprint density at radius 3 is 1.57 bits per heavy atom. The quantitative estimate of drug-likeness (QED) is 0.163. The van der Waals surface area contributed by atoms with Crippen LogP contribution in [0, 0.1) is 47.1 Å². The van der Waals surface area contributed by atoms with E-state index >= 15 is 0 Å². The molecule has 0 spiro atoms. The predicted molar refractivity (Wildman–Crippen MR) is 236 cm³/mol. The van der Waals surface area contributed by atoms with Crippen molar-refractivity contribution in [2.24, 2.45) is 0 Å². The van der Waals surface area contributed by atoms with Crippen molar-refractivity contribution in [2.75, 3.05) is 0 Å². The topological polar surface area (TPSA) is 103 Å². The molecule has 0 N–H and O–H groups in total. The molecule has 0 fully saturated rings. The second-order valence-electron chi connectivity index (χ2n) is 14.3. The van der Waals surface area contributed by atoms with E-state index in [0.717, 1.165) is 88.4 Å². The van der Waals surface area contributed by atoms with Crippen LogP contribution in [0.4, 0.5) is 11.4 Å². The standard InChI is InChI=1S/C52H26N8/c1-56-38-18-22-40(45(26-38)57-2)36-17-21-44-42-8-4-6-10-47(42)60(49(44)25-36)51-31-58-30-50(52(51)34-14-11-32(27-53)12-15-34)59-46-9-5-3-7-41(46)43-20-16-35(24-48(43)59)39-19-13-33(28-54)23-37(39)29-55/h3-26,30-31H. The van der Waals surface area contributed by atoms with Crippen LogP contribution < -0.4 is 0 Å². The van der Waals surface area contributed by atoms with Gasteiger partial charge in [-0.25, -0.2) is 9.69 Å². The molecule has 0 bridgehead atoms. The van der Waals surface area contributed by atoms with Crippen LogP contribution in [-0.4, -0.2) is 14.1 Å². The lowest BCUT2D eigenvalue weighted by Crippen LogP contribution is -2.05. The fourth-order valence-electron chi connectivity index (χ4n) is 8.46. The zero-order valence-electron chi connectivity index (χ0n) is 31.6. The molecule has 10 rings (SSSR count). The van der Waals surface area contributed by atoms with Gasteiger partial charge in [0.05, 0.1) is 93.9 Å². The SMILES string of the molecule is [C-]#[N+]c1ccc(-c2ccc3c4ccccc4n(-c4cncc(-n5c6ccccc6c6ccc(-c7ccc(C#N)cc7C#N)cc65)c4-c4ccc(C#N)cc4)c3c2)c([N+]#[C-])c1. The molecule has 3 heterocycles. The fraction of sp³-hybridized carbons (Fsp3) is 0. The van der Waals surface area contributed by atoms with Crippen LogP contribution in [0.1, 0.15) is 16.7 Å². The van der Waals surface area contributed by atoms with Gasteiger partial charge in [-0.1, -0.05) is 97.1 Å². The highest BCUT2D eigenvalue weighted by Crippen LogP contribution is 2.44. The van der Waals surface area contributed by atoms with Crippen LogP contribution in [0.5, 0.6) is 0 Å². The van der Waals surface area contributed by atoms with E-state index in [1.165, 1.54) is 0 Å². The summed E-state index contributed by atoms with van der Waals surface area (Å²) in [5.74, 6) is 0. The third-order valence-corrected chi connectivity index (χ3v) is 11.2. The highest BCUT2D eigenvalue weighted by molar-refractivity contribution is 6.13. The Balaban J connectivity index is 1.31. The second kappa shape index (κ2) is 14.0. The van der Waals surface area contributed by atoms with Crippen LogP contribution in [0.3, 0.4) is 0 Å². The smallest absolute Gasteiger partial charge is 0.184 e. The number of nitrogens with zero attached hydrogens (tertiary/aromatic N) is 8. The Bertz CT molecular complexity index is 3450. The number of aromatic nitrogens is 3. The molecule has 274 valence electrons. The maximum atomic E-state index is 10.1. The van der Waals surface area contributed by atoms with Gasteiger partial charge in [0, 0.05) is 27.1 Å². The van der Waals surface area contributed by atoms with Crippen LogP contribution in [-0.2, 0) is 0 Å². The van der Waals surface area contributed by atoms with Gasteiger partial charge in [0.1, 0.15) is 0 Å². The summed E-state index contributed by atoms with van der Waals surface area (Å²) in [6.45, 7) is 15.5. The van der Waals surface area contributed by atoms with Crippen molar-refractivity contribution in [2.45, 2.75) is 0 Å². The molecular formula is C52H26N8. The summed E-state index contributed by atoms with van der Waals surface area (Å²) in [5.41, 5.74) is 12.4. The van der Waals surface area contributed by atoms with Crippen LogP contribution >= 0.6 is 0 Å². The van der Waals surface area contributed by atoms with Crippen molar-refractivity contribution in [3.63, 3.8) is 0 Å². The molecule has 0 radical (unpaired) electrons. The number of hydrogen-bond acceptors (Lipinski definition) is 4. The molecular weight excluding hydrogens is 737 g/mol. The molecule has 0 aliphatic heterocycles. The van der Waals surface area contributed by atoms with E-state index in [1.54, 1.807) is 24.3 Å². The van der Waals surface area contributed by atoms with Crippen LogP contribution in [0.25, 0.3) is 98.1 Å². The van der Waals surface area contributed by atoms with E-state index in [4.69, 9.17) is 18.1 Å². The zero-order valence-corrected chi connectivity index (χ0v) is 31.6. The van der Waals surface area contributed by atoms with E-state index in [9.17, 15) is 15.8 Å². The number of para-hydroxylation sites is 2. The molecule has 8 nitrogen and oxygen atoms in total. The Labute approximate surface area is 344 Å². The van der Waals surface area contributed by atoms with E-state index in [2.05, 4.69) is 85.6 Å². The minimum absolute atomic E-state index is 0.404. The van der Waals surface area contributed by atoms with Crippen molar-refractivity contribution in [3.05, 3.63) is 198 Å². The van der Waals surface area contributed by atoms with Crippen molar-refractivity contribution in [1.29, 1.82) is 15.8 Å². The molecule has 7 aromatic carbocycles. The number of fused-ring (bicyclic) bond motifs is 6. The van der Waals surface area contributed by atoms with Gasteiger partial charge in [0.15, 0.2) is 11.4 Å². The minimum atomic E-state index is 0.404. The highest BCUT2D eigenvalue weighted by Gasteiger charge is 2.23. The molecule has 0 aliphatic carbocycles. The lowest BCUT2D eigenvalue weighted by atomic mass is 9.97. The van der Waals surface area contributed by atoms with Gasteiger partial charge in [0.25, 0.3) is 0 Å². The first kappa shape index (κ1) is 35.2. The largest absolute Gasteiger partial charge is 0.307 e. The summed E-state index contributed by atoms with van der Waals surface area (Å²) < 4.78 is 4.44. The molecule has 0 saturated carbocycles. The van der Waals surface area contributed by atoms with Crippen LogP contribution in [0.2, 0.25) is 0 Å². The molecule has 0 amide bonds. The number of hydrogen-bond donors (Lipinski definition) is 0. The van der Waals surface area contributed by atoms with E-state index in [1.807, 2.05) is 85.2 Å². The summed E-state index contributed by atoms with van der Waals surface area (Å²) in [6, 6.07) is 53.5. The molecule has 0 unspecified atom stereocenters. The molecule has 8 heteroatoms. The number of rotatable bonds is 5. The summed E-state index contributed by atoms with van der Waals surface area (Å²) in [5, 5.41) is 33.6. The third kappa shape index (κ3) is 5.45. The molecule has 0 saturated heterocycles. The van der Waals surface area contributed by atoms with Crippen molar-refractivity contribution < 1.29 is 0 Å². The molecule has 0 aliphatic rings. The first-order valence-corrected chi connectivity index (χ1v) is 18.9. The van der Waals surface area contributed by atoms with Crippen molar-refractivity contribution in [3.8, 4) is 63.0 Å². The van der Waals surface area contributed by atoms with E-state index in [-0.39, 0.29) is 0 Å². The van der Waals surface area contributed by atoms with E-state index in [0.29, 0.717) is 28.1 Å². The first-order chi connectivity index (χ1) is 29.5. The molecule has 60 heavy (non-hydrogen) atoms. The lowest BCUT2D eigenvalue weighted by Gasteiger charge is -2.20. The summed E-state index contributed by atoms with van der Waals surface area (Å²) in [6.07, 6.45) is 3.75. The minimum Gasteiger partial charge on any atom is -0.307 e.